The molecular formula is C43H51F3N6O6. The molecule has 15 heteroatoms. The summed E-state index contributed by atoms with van der Waals surface area (Å²) in [6, 6.07) is 19.3. The predicted molar refractivity (Wildman–Crippen MR) is 208 cm³/mol. The number of carbonyl (C=O) groups is 2. The average Bonchev–Trinajstić information content (AvgIpc) is 3.73. The number of aromatic nitrogens is 2. The van der Waals surface area contributed by atoms with Crippen LogP contribution < -0.4 is 10.1 Å². The lowest BCUT2D eigenvalue weighted by Crippen LogP contribution is -2.63. The first-order valence-corrected chi connectivity index (χ1v) is 19.7. The standard InChI is InChI=1S/C43H51F3N6O6/c1-27-37(29-14-11-17-47-22-29)57-40(49-27)41(2,3)51-19-18-50(33(24-51)38(54)48-26-43(44,45)46)23-31(53)21-30(20-28-12-7-6-8-13-28)39(55)52-36-32-15-9-10-16-34(32)56-25-35(36)58-42(52,4)5/h6-17,22,30-31,33,35-36,53H,18-21,23-26H2,1-5H3,(H,48,54)/t30-,31+,33+,35-,36+/m1/s1. The van der Waals surface area contributed by atoms with Crippen LogP contribution in [-0.4, -0.2) is 111 Å². The normalized spacial score (nSPS) is 22.1. The lowest BCUT2D eigenvalue weighted by atomic mass is 9.89. The van der Waals surface area contributed by atoms with Gasteiger partial charge in [-0.3, -0.25) is 24.4 Å². The fraction of sp³-hybridized carbons (Fsp3) is 0.488. The Labute approximate surface area is 336 Å². The third-order valence-corrected chi connectivity index (χ3v) is 11.5. The lowest BCUT2D eigenvalue weighted by molar-refractivity contribution is -0.153. The van der Waals surface area contributed by atoms with Crippen molar-refractivity contribution in [3.05, 3.63) is 102 Å². The Hall–Kier alpha value is -4.83. The molecule has 2 amide bonds. The second-order valence-electron chi connectivity index (χ2n) is 16.4. The van der Waals surface area contributed by atoms with Crippen molar-refractivity contribution in [1.82, 2.24) is 30.0 Å². The number of hydrogen-bond acceptors (Lipinski definition) is 10. The minimum Gasteiger partial charge on any atom is -0.490 e. The number of piperazine rings is 1. The van der Waals surface area contributed by atoms with Gasteiger partial charge in [0.05, 0.1) is 23.4 Å². The van der Waals surface area contributed by atoms with E-state index >= 15 is 0 Å². The van der Waals surface area contributed by atoms with Crippen LogP contribution in [0, 0.1) is 12.8 Å². The van der Waals surface area contributed by atoms with Crippen LogP contribution in [0.5, 0.6) is 5.75 Å². The van der Waals surface area contributed by atoms with E-state index in [1.54, 1.807) is 28.3 Å². The second-order valence-corrected chi connectivity index (χ2v) is 16.4. The minimum absolute atomic E-state index is 0.0310. The van der Waals surface area contributed by atoms with Gasteiger partial charge in [-0.15, -0.1) is 0 Å². The SMILES string of the molecule is Cc1nc(C(C)(C)N2CCN(C[C@@H](O)C[C@@H](Cc3ccccc3)C(=O)N3[C@H]4c5ccccc5OC[C@H]4OC3(C)C)[C@H](C(=O)NCC(F)(F)F)C2)oc1-c1cccnc1. The molecule has 0 aliphatic carbocycles. The minimum atomic E-state index is -4.62. The summed E-state index contributed by atoms with van der Waals surface area (Å²) in [5.74, 6) is -0.0907. The molecule has 2 saturated heterocycles. The first kappa shape index (κ1) is 41.3. The quantitative estimate of drug-likeness (QED) is 0.185. The summed E-state index contributed by atoms with van der Waals surface area (Å²) in [5, 5.41) is 13.9. The first-order chi connectivity index (χ1) is 27.5. The third-order valence-electron chi connectivity index (χ3n) is 11.5. The Morgan fingerprint density at radius 3 is 2.50 bits per heavy atom. The molecule has 58 heavy (non-hydrogen) atoms. The van der Waals surface area contributed by atoms with Crippen LogP contribution in [0.4, 0.5) is 13.2 Å². The summed E-state index contributed by atoms with van der Waals surface area (Å²) in [6.45, 7) is 8.72. The summed E-state index contributed by atoms with van der Waals surface area (Å²) in [5.41, 5.74) is 1.30. The number of rotatable bonds is 12. The highest BCUT2D eigenvalue weighted by Crippen LogP contribution is 2.48. The number of nitrogens with one attached hydrogen (secondary N) is 1. The fourth-order valence-electron chi connectivity index (χ4n) is 8.59. The van der Waals surface area contributed by atoms with Crippen molar-refractivity contribution in [3.8, 4) is 17.1 Å². The molecule has 2 fully saturated rings. The van der Waals surface area contributed by atoms with Gasteiger partial charge in [-0.1, -0.05) is 48.5 Å². The van der Waals surface area contributed by atoms with E-state index in [9.17, 15) is 27.9 Å². The topological polar surface area (TPSA) is 134 Å². The molecule has 0 unspecified atom stereocenters. The molecule has 2 aromatic carbocycles. The van der Waals surface area contributed by atoms with Gasteiger partial charge in [0.1, 0.15) is 36.8 Å². The zero-order valence-electron chi connectivity index (χ0n) is 33.4. The van der Waals surface area contributed by atoms with E-state index < -0.39 is 60.1 Å². The third kappa shape index (κ3) is 8.77. The highest BCUT2D eigenvalue weighted by atomic mass is 19.4. The number of aliphatic hydroxyl groups is 1. The Morgan fingerprint density at radius 2 is 1.78 bits per heavy atom. The number of β-amino-alcohol motifs (C(OH)–C–C–N with tert-alkyl or cyclic N) is 1. The summed E-state index contributed by atoms with van der Waals surface area (Å²) >= 11 is 0. The molecule has 2 aromatic heterocycles. The smallest absolute Gasteiger partial charge is 0.405 e. The van der Waals surface area contributed by atoms with Crippen LogP contribution in [0.2, 0.25) is 0 Å². The van der Waals surface area contributed by atoms with Gasteiger partial charge in [-0.25, -0.2) is 4.98 Å². The van der Waals surface area contributed by atoms with Gasteiger partial charge in [0.2, 0.25) is 17.7 Å². The molecule has 310 valence electrons. The Balaban J connectivity index is 1.12. The highest BCUT2D eigenvalue weighted by Gasteiger charge is 2.54. The molecule has 0 radical (unpaired) electrons. The van der Waals surface area contributed by atoms with Crippen molar-refractivity contribution in [2.75, 3.05) is 39.3 Å². The second kappa shape index (κ2) is 16.4. The summed E-state index contributed by atoms with van der Waals surface area (Å²) < 4.78 is 58.8. The number of hydrogen-bond donors (Lipinski definition) is 2. The number of aryl methyl sites for hydroxylation is 1. The maximum Gasteiger partial charge on any atom is 0.405 e. The molecule has 2 N–H and O–H groups in total. The molecule has 5 atom stereocenters. The number of halogens is 3. The van der Waals surface area contributed by atoms with Crippen LogP contribution in [0.3, 0.4) is 0 Å². The first-order valence-electron chi connectivity index (χ1n) is 19.7. The van der Waals surface area contributed by atoms with Gasteiger partial charge >= 0.3 is 6.18 Å². The van der Waals surface area contributed by atoms with E-state index in [4.69, 9.17) is 18.9 Å². The zero-order valence-corrected chi connectivity index (χ0v) is 33.4. The average molecular weight is 805 g/mol. The number of ether oxygens (including phenoxy) is 2. The fourth-order valence-corrected chi connectivity index (χ4v) is 8.59. The largest absolute Gasteiger partial charge is 0.490 e. The van der Waals surface area contributed by atoms with Gasteiger partial charge in [0.15, 0.2) is 5.76 Å². The van der Waals surface area contributed by atoms with Crippen molar-refractivity contribution in [1.29, 1.82) is 0 Å². The molecule has 0 saturated carbocycles. The predicted octanol–water partition coefficient (Wildman–Crippen LogP) is 5.65. The molecule has 0 spiro atoms. The number of para-hydroxylation sites is 1. The number of aliphatic hydroxyl groups excluding tert-OH is 1. The molecule has 4 aromatic rings. The van der Waals surface area contributed by atoms with Gasteiger partial charge in [-0.05, 0) is 71.2 Å². The molecule has 12 nitrogen and oxygen atoms in total. The number of alkyl halides is 3. The van der Waals surface area contributed by atoms with Crippen molar-refractivity contribution >= 4 is 11.8 Å². The molecule has 0 bridgehead atoms. The van der Waals surface area contributed by atoms with Crippen molar-refractivity contribution < 1.29 is 41.8 Å². The number of pyridine rings is 1. The zero-order chi connectivity index (χ0) is 41.4. The van der Waals surface area contributed by atoms with Crippen molar-refractivity contribution in [3.63, 3.8) is 0 Å². The van der Waals surface area contributed by atoms with Crippen LogP contribution in [0.15, 0.2) is 83.5 Å². The summed E-state index contributed by atoms with van der Waals surface area (Å²) in [7, 11) is 0. The number of amides is 2. The Bertz CT molecular complexity index is 2060. The maximum atomic E-state index is 14.9. The van der Waals surface area contributed by atoms with Gasteiger partial charge in [0, 0.05) is 55.6 Å². The Kier molecular flexibility index (Phi) is 11.7. The highest BCUT2D eigenvalue weighted by molar-refractivity contribution is 5.82. The number of carbonyl (C=O) groups excluding carboxylic acids is 2. The van der Waals surface area contributed by atoms with E-state index in [1.165, 1.54) is 0 Å². The number of oxazole rings is 1. The summed E-state index contributed by atoms with van der Waals surface area (Å²) in [4.78, 5) is 42.9. The molecule has 5 heterocycles. The van der Waals surface area contributed by atoms with Gasteiger partial charge in [-0.2, -0.15) is 13.2 Å². The number of nitrogens with zero attached hydrogens (tertiary/aromatic N) is 5. The van der Waals surface area contributed by atoms with Gasteiger partial charge < -0.3 is 29.2 Å². The van der Waals surface area contributed by atoms with E-state index in [2.05, 4.69) is 10.3 Å². The Morgan fingerprint density at radius 1 is 1.03 bits per heavy atom. The van der Waals surface area contributed by atoms with Crippen molar-refractivity contribution in [2.45, 2.75) is 89.2 Å². The van der Waals surface area contributed by atoms with Crippen molar-refractivity contribution in [2.24, 2.45) is 5.92 Å². The number of fused-ring (bicyclic) bond motifs is 3. The number of benzene rings is 2. The monoisotopic (exact) mass is 804 g/mol. The lowest BCUT2D eigenvalue weighted by Gasteiger charge is -2.46. The van der Waals surface area contributed by atoms with E-state index in [0.717, 1.165) is 16.7 Å². The van der Waals surface area contributed by atoms with Crippen LogP contribution >= 0.6 is 0 Å². The van der Waals surface area contributed by atoms with E-state index in [-0.39, 0.29) is 38.6 Å². The molecule has 3 aliphatic rings. The van der Waals surface area contributed by atoms with E-state index in [1.807, 2.05) is 100 Å². The molecular weight excluding hydrogens is 754 g/mol. The van der Waals surface area contributed by atoms with Crippen LogP contribution in [-0.2, 0) is 26.3 Å². The summed E-state index contributed by atoms with van der Waals surface area (Å²) in [6.07, 6.45) is -2.43. The van der Waals surface area contributed by atoms with Crippen LogP contribution in [0.25, 0.3) is 11.3 Å². The van der Waals surface area contributed by atoms with Gasteiger partial charge in [0.25, 0.3) is 0 Å². The van der Waals surface area contributed by atoms with Crippen LogP contribution in [0.1, 0.15) is 62.9 Å². The maximum absolute atomic E-state index is 14.9. The molecule has 3 aliphatic heterocycles. The van der Waals surface area contributed by atoms with E-state index in [0.29, 0.717) is 36.1 Å². The molecule has 7 rings (SSSR count).